The molecule has 7 nitrogen and oxygen atoms in total. The fraction of sp³-hybridized carbons (Fsp3) is 0.565. The predicted octanol–water partition coefficient (Wildman–Crippen LogP) is 3.39. The third-order valence-corrected chi connectivity index (χ3v) is 6.16. The molecule has 2 fully saturated rings. The molecule has 0 spiro atoms. The Hall–Kier alpha value is -2.70. The Morgan fingerprint density at radius 2 is 1.80 bits per heavy atom. The Labute approximate surface area is 176 Å². The Balaban J connectivity index is 1.30. The fourth-order valence-electron chi connectivity index (χ4n) is 4.02. The van der Waals surface area contributed by atoms with Gasteiger partial charge in [-0.15, -0.1) is 10.2 Å². The third kappa shape index (κ3) is 5.46. The van der Waals surface area contributed by atoms with Gasteiger partial charge in [0, 0.05) is 24.4 Å². The predicted molar refractivity (Wildman–Crippen MR) is 114 cm³/mol. The largest absolute Gasteiger partial charge is 0.493 e. The van der Waals surface area contributed by atoms with Crippen molar-refractivity contribution in [1.29, 1.82) is 0 Å². The van der Waals surface area contributed by atoms with Gasteiger partial charge in [0.15, 0.2) is 5.82 Å². The molecular formula is C23H30N4O3. The summed E-state index contributed by atoms with van der Waals surface area (Å²) >= 11 is 0. The number of amides is 1. The van der Waals surface area contributed by atoms with Gasteiger partial charge in [-0.2, -0.15) is 0 Å². The van der Waals surface area contributed by atoms with Crippen molar-refractivity contribution in [3.05, 3.63) is 40.3 Å². The van der Waals surface area contributed by atoms with E-state index in [4.69, 9.17) is 4.74 Å². The van der Waals surface area contributed by atoms with Gasteiger partial charge in [0.05, 0.1) is 6.61 Å². The van der Waals surface area contributed by atoms with Crippen LogP contribution in [0.2, 0.25) is 0 Å². The number of aromatic amines is 1. The lowest BCUT2D eigenvalue weighted by molar-refractivity contribution is -0.122. The molecule has 0 atom stereocenters. The van der Waals surface area contributed by atoms with Gasteiger partial charge in [-0.05, 0) is 55.9 Å². The van der Waals surface area contributed by atoms with Crippen LogP contribution >= 0.6 is 0 Å². The van der Waals surface area contributed by atoms with E-state index in [1.54, 1.807) is 0 Å². The Morgan fingerprint density at radius 1 is 1.03 bits per heavy atom. The second-order valence-corrected chi connectivity index (χ2v) is 8.48. The first-order valence-electron chi connectivity index (χ1n) is 11.2. The summed E-state index contributed by atoms with van der Waals surface area (Å²) in [7, 11) is 0. The molecule has 0 radical (unpaired) electrons. The molecule has 2 aromatic rings. The summed E-state index contributed by atoms with van der Waals surface area (Å²) in [5.41, 5.74) is 0.769. The number of hydrogen-bond acceptors (Lipinski definition) is 5. The van der Waals surface area contributed by atoms with Crippen LogP contribution in [0.25, 0.3) is 11.4 Å². The second-order valence-electron chi connectivity index (χ2n) is 8.48. The number of H-pyrrole nitrogens is 1. The van der Waals surface area contributed by atoms with E-state index in [-0.39, 0.29) is 36.0 Å². The second kappa shape index (κ2) is 9.87. The number of aryl methyl sites for hydroxylation is 1. The molecule has 30 heavy (non-hydrogen) atoms. The molecule has 2 aliphatic carbocycles. The monoisotopic (exact) mass is 410 g/mol. The molecular weight excluding hydrogens is 380 g/mol. The molecule has 0 bridgehead atoms. The molecule has 1 amide bonds. The maximum absolute atomic E-state index is 12.4. The Morgan fingerprint density at radius 3 is 2.47 bits per heavy atom. The number of carbonyl (C=O) groups excluding carboxylic acids is 1. The summed E-state index contributed by atoms with van der Waals surface area (Å²) in [6.45, 7) is 0.763. The molecule has 1 heterocycles. The quantitative estimate of drug-likeness (QED) is 0.695. The van der Waals surface area contributed by atoms with Gasteiger partial charge >= 0.3 is 0 Å². The van der Waals surface area contributed by atoms with Crippen molar-refractivity contribution < 1.29 is 9.53 Å². The van der Waals surface area contributed by atoms with E-state index in [9.17, 15) is 9.59 Å². The molecule has 4 rings (SSSR count). The maximum Gasteiger partial charge on any atom is 0.273 e. The smallest absolute Gasteiger partial charge is 0.273 e. The van der Waals surface area contributed by atoms with Crippen LogP contribution in [0.15, 0.2) is 29.1 Å². The van der Waals surface area contributed by atoms with E-state index in [1.807, 2.05) is 24.3 Å². The van der Waals surface area contributed by atoms with E-state index < -0.39 is 0 Å². The van der Waals surface area contributed by atoms with Gasteiger partial charge in [0.2, 0.25) is 5.91 Å². The molecule has 0 saturated heterocycles. The summed E-state index contributed by atoms with van der Waals surface area (Å²) in [5, 5.41) is 11.3. The molecule has 1 aromatic carbocycles. The molecule has 2 saturated carbocycles. The number of hydrogen-bond donors (Lipinski definition) is 2. The molecule has 0 aliphatic heterocycles. The lowest BCUT2D eigenvalue weighted by Gasteiger charge is -2.25. The summed E-state index contributed by atoms with van der Waals surface area (Å²) in [6.07, 6.45) is 10.0. The molecule has 160 valence electrons. The van der Waals surface area contributed by atoms with Crippen molar-refractivity contribution in [3.63, 3.8) is 0 Å². The van der Waals surface area contributed by atoms with Crippen molar-refractivity contribution >= 4 is 5.91 Å². The van der Waals surface area contributed by atoms with Crippen molar-refractivity contribution in [1.82, 2.24) is 20.5 Å². The van der Waals surface area contributed by atoms with E-state index in [0.717, 1.165) is 30.8 Å². The molecule has 2 N–H and O–H groups in total. The highest BCUT2D eigenvalue weighted by Crippen LogP contribution is 2.27. The molecule has 2 aliphatic rings. The van der Waals surface area contributed by atoms with E-state index in [2.05, 4.69) is 20.5 Å². The topological polar surface area (TPSA) is 97.0 Å². The normalized spacial score (nSPS) is 17.3. The fourth-order valence-corrected chi connectivity index (χ4v) is 4.02. The van der Waals surface area contributed by atoms with Gasteiger partial charge in [0.1, 0.15) is 11.4 Å². The number of rotatable bonds is 8. The van der Waals surface area contributed by atoms with Crippen molar-refractivity contribution in [2.75, 3.05) is 6.61 Å². The van der Waals surface area contributed by atoms with Crippen LogP contribution in [0.3, 0.4) is 0 Å². The summed E-state index contributed by atoms with van der Waals surface area (Å²) in [6, 6.07) is 7.79. The minimum Gasteiger partial charge on any atom is -0.493 e. The SMILES string of the molecule is O=C(CCc1nnc(-c2ccc(OCC3CCC3)cc2)[nH]c1=O)NC1CCCCC1. The number of nitrogens with zero attached hydrogens (tertiary/aromatic N) is 2. The highest BCUT2D eigenvalue weighted by atomic mass is 16.5. The van der Waals surface area contributed by atoms with Crippen molar-refractivity contribution in [3.8, 4) is 17.1 Å². The zero-order chi connectivity index (χ0) is 20.8. The van der Waals surface area contributed by atoms with Crippen LogP contribution in [0.1, 0.15) is 63.5 Å². The number of ether oxygens (including phenoxy) is 1. The minimum atomic E-state index is -0.296. The zero-order valence-electron chi connectivity index (χ0n) is 17.4. The van der Waals surface area contributed by atoms with E-state index in [0.29, 0.717) is 11.7 Å². The minimum absolute atomic E-state index is 0.0235. The third-order valence-electron chi connectivity index (χ3n) is 6.16. The number of nitrogens with one attached hydrogen (secondary N) is 2. The number of aromatic nitrogens is 3. The zero-order valence-corrected chi connectivity index (χ0v) is 17.4. The first-order valence-corrected chi connectivity index (χ1v) is 11.2. The Bertz CT molecular complexity index is 899. The number of carbonyl (C=O) groups is 1. The summed E-state index contributed by atoms with van der Waals surface area (Å²) in [5.74, 6) is 1.90. The molecule has 7 heteroatoms. The molecule has 1 aromatic heterocycles. The van der Waals surface area contributed by atoms with E-state index in [1.165, 1.54) is 38.5 Å². The summed E-state index contributed by atoms with van der Waals surface area (Å²) in [4.78, 5) is 27.3. The van der Waals surface area contributed by atoms with E-state index >= 15 is 0 Å². The van der Waals surface area contributed by atoms with Crippen LogP contribution < -0.4 is 15.6 Å². The Kier molecular flexibility index (Phi) is 6.77. The maximum atomic E-state index is 12.4. The first kappa shape index (κ1) is 20.6. The van der Waals surface area contributed by atoms with Crippen LogP contribution in [-0.2, 0) is 11.2 Å². The standard InChI is InChI=1S/C23H30N4O3/c28-21(24-18-7-2-1-3-8-18)14-13-20-23(29)25-22(27-26-20)17-9-11-19(12-10-17)30-15-16-5-4-6-16/h9-12,16,18H,1-8,13-15H2,(H,24,28)(H,25,27,29). The highest BCUT2D eigenvalue weighted by Gasteiger charge is 2.18. The van der Waals surface area contributed by atoms with Gasteiger partial charge in [-0.3, -0.25) is 9.59 Å². The number of benzene rings is 1. The van der Waals surface area contributed by atoms with Crippen LogP contribution in [0.4, 0.5) is 0 Å². The van der Waals surface area contributed by atoms with Crippen LogP contribution in [-0.4, -0.2) is 33.7 Å². The average molecular weight is 411 g/mol. The van der Waals surface area contributed by atoms with Gasteiger partial charge < -0.3 is 15.0 Å². The first-order chi connectivity index (χ1) is 14.7. The van der Waals surface area contributed by atoms with Gasteiger partial charge in [-0.1, -0.05) is 25.7 Å². The van der Waals surface area contributed by atoms with Crippen molar-refractivity contribution in [2.24, 2.45) is 5.92 Å². The average Bonchev–Trinajstić information content (AvgIpc) is 2.73. The lowest BCUT2D eigenvalue weighted by Crippen LogP contribution is -2.36. The van der Waals surface area contributed by atoms with Gasteiger partial charge in [0.25, 0.3) is 5.56 Å². The lowest BCUT2D eigenvalue weighted by atomic mass is 9.86. The van der Waals surface area contributed by atoms with Crippen LogP contribution in [0, 0.1) is 5.92 Å². The highest BCUT2D eigenvalue weighted by molar-refractivity contribution is 5.76. The van der Waals surface area contributed by atoms with Gasteiger partial charge in [-0.25, -0.2) is 0 Å². The van der Waals surface area contributed by atoms with Crippen molar-refractivity contribution in [2.45, 2.75) is 70.3 Å². The molecule has 0 unspecified atom stereocenters. The summed E-state index contributed by atoms with van der Waals surface area (Å²) < 4.78 is 5.81. The van der Waals surface area contributed by atoms with Crippen LogP contribution in [0.5, 0.6) is 5.75 Å².